The molecule has 1 aromatic carbocycles. The third kappa shape index (κ3) is 1.79. The average molecular weight is 207 g/mol. The molecule has 2 atom stereocenters. The maximum atomic E-state index is 5.86. The van der Waals surface area contributed by atoms with Crippen molar-refractivity contribution >= 4 is 0 Å². The second kappa shape index (κ2) is 3.74. The third-order valence-corrected chi connectivity index (χ3v) is 2.99. The van der Waals surface area contributed by atoms with Crippen LogP contribution >= 0.6 is 0 Å². The molecule has 82 valence electrons. The van der Waals surface area contributed by atoms with Gasteiger partial charge in [0, 0.05) is 17.5 Å². The SMILES string of the molecule is COc1cc([C@H]2C[C@@H]2N)c(OC)cc1C. The van der Waals surface area contributed by atoms with Gasteiger partial charge in [-0.2, -0.15) is 0 Å². The van der Waals surface area contributed by atoms with Gasteiger partial charge in [-0.1, -0.05) is 0 Å². The number of hydrogen-bond acceptors (Lipinski definition) is 3. The minimum Gasteiger partial charge on any atom is -0.496 e. The molecule has 0 aliphatic heterocycles. The van der Waals surface area contributed by atoms with E-state index in [1.807, 2.05) is 19.1 Å². The van der Waals surface area contributed by atoms with Crippen LogP contribution in [0.5, 0.6) is 11.5 Å². The molecule has 0 heterocycles. The van der Waals surface area contributed by atoms with Gasteiger partial charge in [0.15, 0.2) is 0 Å². The van der Waals surface area contributed by atoms with E-state index in [9.17, 15) is 0 Å². The molecule has 0 amide bonds. The fourth-order valence-corrected chi connectivity index (χ4v) is 1.94. The quantitative estimate of drug-likeness (QED) is 0.822. The van der Waals surface area contributed by atoms with Gasteiger partial charge in [0.05, 0.1) is 14.2 Å². The van der Waals surface area contributed by atoms with Gasteiger partial charge >= 0.3 is 0 Å². The second-order valence-corrected chi connectivity index (χ2v) is 4.07. The summed E-state index contributed by atoms with van der Waals surface area (Å²) in [6, 6.07) is 4.34. The summed E-state index contributed by atoms with van der Waals surface area (Å²) in [5.74, 6) is 2.27. The Bertz CT molecular complexity index is 376. The second-order valence-electron chi connectivity index (χ2n) is 4.07. The Labute approximate surface area is 90.2 Å². The van der Waals surface area contributed by atoms with E-state index < -0.39 is 0 Å². The topological polar surface area (TPSA) is 44.5 Å². The molecule has 3 nitrogen and oxygen atoms in total. The molecule has 1 fully saturated rings. The summed E-state index contributed by atoms with van der Waals surface area (Å²) in [7, 11) is 3.38. The van der Waals surface area contributed by atoms with Crippen LogP contribution in [0.1, 0.15) is 23.5 Å². The predicted octanol–water partition coefficient (Wildman–Crippen LogP) is 1.83. The zero-order valence-corrected chi connectivity index (χ0v) is 9.41. The summed E-state index contributed by atoms with van der Waals surface area (Å²) in [6.45, 7) is 2.01. The minimum atomic E-state index is 0.284. The van der Waals surface area contributed by atoms with E-state index in [0.29, 0.717) is 5.92 Å². The van der Waals surface area contributed by atoms with Crippen molar-refractivity contribution in [3.8, 4) is 11.5 Å². The molecule has 1 aliphatic carbocycles. The summed E-state index contributed by atoms with van der Waals surface area (Å²) in [5, 5.41) is 0. The van der Waals surface area contributed by atoms with E-state index in [1.165, 1.54) is 5.56 Å². The summed E-state index contributed by atoms with van der Waals surface area (Å²) in [6.07, 6.45) is 1.04. The first-order valence-electron chi connectivity index (χ1n) is 5.15. The van der Waals surface area contributed by atoms with Crippen LogP contribution in [0, 0.1) is 6.92 Å². The van der Waals surface area contributed by atoms with Crippen LogP contribution in [0.25, 0.3) is 0 Å². The minimum absolute atomic E-state index is 0.284. The molecule has 2 rings (SSSR count). The van der Waals surface area contributed by atoms with E-state index >= 15 is 0 Å². The van der Waals surface area contributed by atoms with Crippen molar-refractivity contribution in [1.82, 2.24) is 0 Å². The van der Waals surface area contributed by atoms with Crippen LogP contribution in [0.2, 0.25) is 0 Å². The number of ether oxygens (including phenoxy) is 2. The number of rotatable bonds is 3. The molecule has 1 saturated carbocycles. The Kier molecular flexibility index (Phi) is 2.57. The molecule has 0 spiro atoms. The maximum Gasteiger partial charge on any atom is 0.122 e. The van der Waals surface area contributed by atoms with E-state index in [1.54, 1.807) is 14.2 Å². The summed E-state index contributed by atoms with van der Waals surface area (Å²) in [4.78, 5) is 0. The van der Waals surface area contributed by atoms with Crippen LogP contribution in [-0.2, 0) is 0 Å². The molecule has 0 unspecified atom stereocenters. The summed E-state index contributed by atoms with van der Waals surface area (Å²) >= 11 is 0. The Morgan fingerprint density at radius 3 is 2.27 bits per heavy atom. The van der Waals surface area contributed by atoms with Crippen LogP contribution in [0.4, 0.5) is 0 Å². The summed E-state index contributed by atoms with van der Waals surface area (Å²) < 4.78 is 10.7. The van der Waals surface area contributed by atoms with E-state index in [4.69, 9.17) is 15.2 Å². The molecule has 0 bridgehead atoms. The highest BCUT2D eigenvalue weighted by atomic mass is 16.5. The van der Waals surface area contributed by atoms with E-state index in [2.05, 4.69) is 0 Å². The van der Waals surface area contributed by atoms with Gasteiger partial charge in [-0.25, -0.2) is 0 Å². The molecule has 3 heteroatoms. The molecule has 0 saturated heterocycles. The van der Waals surface area contributed by atoms with Gasteiger partial charge in [0.2, 0.25) is 0 Å². The monoisotopic (exact) mass is 207 g/mol. The molecule has 15 heavy (non-hydrogen) atoms. The number of hydrogen-bond donors (Lipinski definition) is 1. The smallest absolute Gasteiger partial charge is 0.122 e. The fraction of sp³-hybridized carbons (Fsp3) is 0.500. The lowest BCUT2D eigenvalue weighted by atomic mass is 10.1. The molecule has 1 aliphatic rings. The maximum absolute atomic E-state index is 5.86. The normalized spacial score (nSPS) is 23.7. The van der Waals surface area contributed by atoms with Crippen LogP contribution in [-0.4, -0.2) is 20.3 Å². The molecular weight excluding hydrogens is 190 g/mol. The number of benzene rings is 1. The first kappa shape index (κ1) is 10.3. The average Bonchev–Trinajstić information content (AvgIpc) is 2.95. The zero-order valence-electron chi connectivity index (χ0n) is 9.41. The lowest BCUT2D eigenvalue weighted by molar-refractivity contribution is 0.396. The van der Waals surface area contributed by atoms with Crippen molar-refractivity contribution in [3.63, 3.8) is 0 Å². The van der Waals surface area contributed by atoms with Crippen LogP contribution in [0.3, 0.4) is 0 Å². The van der Waals surface area contributed by atoms with Crippen LogP contribution in [0.15, 0.2) is 12.1 Å². The fourth-order valence-electron chi connectivity index (χ4n) is 1.94. The first-order valence-corrected chi connectivity index (χ1v) is 5.15. The van der Waals surface area contributed by atoms with Crippen molar-refractivity contribution in [2.75, 3.05) is 14.2 Å². The van der Waals surface area contributed by atoms with Crippen molar-refractivity contribution in [2.24, 2.45) is 5.73 Å². The van der Waals surface area contributed by atoms with E-state index in [0.717, 1.165) is 23.5 Å². The highest BCUT2D eigenvalue weighted by Gasteiger charge is 2.37. The van der Waals surface area contributed by atoms with Crippen molar-refractivity contribution < 1.29 is 9.47 Å². The largest absolute Gasteiger partial charge is 0.496 e. The zero-order chi connectivity index (χ0) is 11.0. The Morgan fingerprint density at radius 1 is 1.20 bits per heavy atom. The number of aryl methyl sites for hydroxylation is 1. The Balaban J connectivity index is 2.42. The molecule has 0 radical (unpaired) electrons. The lowest BCUT2D eigenvalue weighted by Crippen LogP contribution is -2.03. The molecule has 2 N–H and O–H groups in total. The van der Waals surface area contributed by atoms with Gasteiger partial charge in [-0.05, 0) is 31.0 Å². The molecular formula is C12H17NO2. The van der Waals surface area contributed by atoms with Crippen LogP contribution < -0.4 is 15.2 Å². The van der Waals surface area contributed by atoms with Gasteiger partial charge in [0.25, 0.3) is 0 Å². The highest BCUT2D eigenvalue weighted by molar-refractivity contribution is 5.49. The number of methoxy groups -OCH3 is 2. The standard InChI is InChI=1S/C12H17NO2/c1-7-4-12(15-3)9(6-11(7)14-2)8-5-10(8)13/h4,6,8,10H,5,13H2,1-3H3/t8-,10+/m1/s1. The lowest BCUT2D eigenvalue weighted by Gasteiger charge is -2.12. The van der Waals surface area contributed by atoms with Gasteiger partial charge in [0.1, 0.15) is 11.5 Å². The Hall–Kier alpha value is -1.22. The van der Waals surface area contributed by atoms with E-state index in [-0.39, 0.29) is 6.04 Å². The van der Waals surface area contributed by atoms with Crippen molar-refractivity contribution in [3.05, 3.63) is 23.3 Å². The predicted molar refractivity (Wildman–Crippen MR) is 59.6 cm³/mol. The van der Waals surface area contributed by atoms with Gasteiger partial charge in [-0.15, -0.1) is 0 Å². The number of nitrogens with two attached hydrogens (primary N) is 1. The van der Waals surface area contributed by atoms with Crippen molar-refractivity contribution in [1.29, 1.82) is 0 Å². The third-order valence-electron chi connectivity index (χ3n) is 2.99. The molecule has 0 aromatic heterocycles. The van der Waals surface area contributed by atoms with Crippen molar-refractivity contribution in [2.45, 2.75) is 25.3 Å². The highest BCUT2D eigenvalue weighted by Crippen LogP contribution is 2.45. The first-order chi connectivity index (χ1) is 7.17. The van der Waals surface area contributed by atoms with Gasteiger partial charge in [-0.3, -0.25) is 0 Å². The Morgan fingerprint density at radius 2 is 1.80 bits per heavy atom. The molecule has 1 aromatic rings. The summed E-state index contributed by atoms with van der Waals surface area (Å²) in [5.41, 5.74) is 8.12. The van der Waals surface area contributed by atoms with Gasteiger partial charge < -0.3 is 15.2 Å².